The van der Waals surface area contributed by atoms with Gasteiger partial charge in [-0.25, -0.2) is 10.2 Å². The number of rotatable bonds is 10. The number of carbonyl (C=O) groups is 1. The lowest BCUT2D eigenvalue weighted by molar-refractivity contribution is 0.0698. The Morgan fingerprint density at radius 3 is 1.56 bits per heavy atom. The van der Waals surface area contributed by atoms with E-state index < -0.39 is 11.5 Å². The predicted octanol–water partition coefficient (Wildman–Crippen LogP) is 7.71. The maximum absolute atomic E-state index is 11.7. The van der Waals surface area contributed by atoms with Gasteiger partial charge >= 0.3 is 5.97 Å². The minimum atomic E-state index is -0.982. The molecule has 0 saturated carbocycles. The van der Waals surface area contributed by atoms with E-state index in [9.17, 15) is 9.90 Å². The van der Waals surface area contributed by atoms with E-state index >= 15 is 0 Å². The highest BCUT2D eigenvalue weighted by Crippen LogP contribution is 2.36. The largest absolute Gasteiger partial charge is 0.478 e. The predicted molar refractivity (Wildman–Crippen MR) is 150 cm³/mol. The molecule has 0 bridgehead atoms. The maximum atomic E-state index is 11.7. The number of hydrogen-bond donors (Lipinski definition) is 3. The first-order chi connectivity index (χ1) is 17.6. The fourth-order valence-corrected chi connectivity index (χ4v) is 4.25. The number of hydrazine groups is 1. The molecule has 5 heteroatoms. The van der Waals surface area contributed by atoms with E-state index in [-0.39, 0.29) is 5.56 Å². The Balaban J connectivity index is 0.000000538. The van der Waals surface area contributed by atoms with E-state index in [1.165, 1.54) is 19.3 Å². The van der Waals surface area contributed by atoms with Crippen molar-refractivity contribution in [3.05, 3.63) is 138 Å². The zero-order valence-electron chi connectivity index (χ0n) is 20.5. The summed E-state index contributed by atoms with van der Waals surface area (Å²) in [5.41, 5.74) is 9.73. The maximum Gasteiger partial charge on any atom is 0.337 e. The van der Waals surface area contributed by atoms with E-state index in [0.29, 0.717) is 5.69 Å². The number of carboxylic acids is 1. The van der Waals surface area contributed by atoms with Crippen LogP contribution in [0.5, 0.6) is 0 Å². The van der Waals surface area contributed by atoms with Gasteiger partial charge in [-0.05, 0) is 35.2 Å². The highest BCUT2D eigenvalue weighted by atomic mass is 35.5. The summed E-state index contributed by atoms with van der Waals surface area (Å²) in [6.07, 6.45) is 3.73. The van der Waals surface area contributed by atoms with Crippen molar-refractivity contribution < 1.29 is 9.90 Å². The highest BCUT2D eigenvalue weighted by molar-refractivity contribution is 6.17. The molecule has 0 atom stereocenters. The number of aromatic carboxylic acids is 1. The van der Waals surface area contributed by atoms with Crippen LogP contribution in [-0.2, 0) is 5.54 Å². The highest BCUT2D eigenvalue weighted by Gasteiger charge is 2.36. The quantitative estimate of drug-likeness (QED) is 0.0902. The molecule has 0 amide bonds. The van der Waals surface area contributed by atoms with E-state index in [4.69, 9.17) is 11.6 Å². The van der Waals surface area contributed by atoms with Gasteiger partial charge in [0, 0.05) is 5.88 Å². The van der Waals surface area contributed by atoms with E-state index in [0.717, 1.165) is 22.6 Å². The van der Waals surface area contributed by atoms with E-state index in [1.807, 2.05) is 60.7 Å². The van der Waals surface area contributed by atoms with Crippen LogP contribution in [0.15, 0.2) is 115 Å². The number of hydrogen-bond acceptors (Lipinski definition) is 3. The van der Waals surface area contributed by atoms with Gasteiger partial charge in [0.25, 0.3) is 0 Å². The summed E-state index contributed by atoms with van der Waals surface area (Å²) in [6.45, 7) is 2.17. The molecular weight excluding hydrogens is 468 g/mol. The second-order valence-corrected chi connectivity index (χ2v) is 8.72. The lowest BCUT2D eigenvalue weighted by Crippen LogP contribution is -2.47. The van der Waals surface area contributed by atoms with Crippen molar-refractivity contribution in [2.75, 3.05) is 11.3 Å². The molecule has 36 heavy (non-hydrogen) atoms. The molecule has 0 heterocycles. The number of benzene rings is 4. The van der Waals surface area contributed by atoms with Crippen molar-refractivity contribution in [3.8, 4) is 0 Å². The summed E-state index contributed by atoms with van der Waals surface area (Å²) in [6, 6.07) is 37.2. The average molecular weight is 501 g/mol. The van der Waals surface area contributed by atoms with Gasteiger partial charge in [0.1, 0.15) is 5.54 Å². The van der Waals surface area contributed by atoms with Crippen molar-refractivity contribution in [2.24, 2.45) is 0 Å². The van der Waals surface area contributed by atoms with Crippen LogP contribution in [0.4, 0.5) is 5.69 Å². The van der Waals surface area contributed by atoms with Crippen LogP contribution in [0.25, 0.3) is 0 Å². The third-order valence-corrected chi connectivity index (χ3v) is 6.17. The molecule has 0 aliphatic rings. The smallest absolute Gasteiger partial charge is 0.337 e. The number of para-hydroxylation sites is 1. The molecule has 0 aliphatic heterocycles. The van der Waals surface area contributed by atoms with Crippen LogP contribution < -0.4 is 10.9 Å². The summed E-state index contributed by atoms with van der Waals surface area (Å²) in [5.74, 6) is -0.155. The summed E-state index contributed by atoms with van der Waals surface area (Å²) >= 11 is 5.38. The fourth-order valence-electron chi connectivity index (χ4n) is 4.07. The van der Waals surface area contributed by atoms with Gasteiger partial charge in [0.2, 0.25) is 0 Å². The molecule has 0 fully saturated rings. The number of unbranched alkanes of at least 4 members (excludes halogenated alkanes) is 2. The molecule has 0 saturated heterocycles. The van der Waals surface area contributed by atoms with Gasteiger partial charge in [-0.2, -0.15) is 0 Å². The van der Waals surface area contributed by atoms with E-state index in [2.05, 4.69) is 54.2 Å². The van der Waals surface area contributed by atoms with Crippen LogP contribution in [0.3, 0.4) is 0 Å². The number of carboxylic acid groups (broad SMARTS) is 1. The standard InChI is InChI=1S/C26H22N2O2.C5H11Cl/c29-25(30)23-18-10-11-19-24(23)27-28-26(20-12-4-1-5-13-20,21-14-6-2-7-15-21)22-16-8-3-9-17-22;1-2-3-4-5-6/h1-19,27-28H,(H,29,30);2-5H2,1H3. The second-order valence-electron chi connectivity index (χ2n) is 8.34. The van der Waals surface area contributed by atoms with Gasteiger partial charge in [-0.15, -0.1) is 11.6 Å². The van der Waals surface area contributed by atoms with Crippen molar-refractivity contribution in [1.82, 2.24) is 5.43 Å². The average Bonchev–Trinajstić information content (AvgIpc) is 2.94. The molecule has 4 rings (SSSR count). The molecule has 0 aliphatic carbocycles. The zero-order chi connectivity index (χ0) is 25.6. The van der Waals surface area contributed by atoms with Crippen LogP contribution in [0.2, 0.25) is 0 Å². The van der Waals surface area contributed by atoms with Crippen LogP contribution in [-0.4, -0.2) is 17.0 Å². The number of anilines is 1. The van der Waals surface area contributed by atoms with Crippen molar-refractivity contribution >= 4 is 23.3 Å². The first-order valence-corrected chi connectivity index (χ1v) is 12.7. The first kappa shape index (κ1) is 27.0. The van der Waals surface area contributed by atoms with Crippen molar-refractivity contribution in [3.63, 3.8) is 0 Å². The Kier molecular flexibility index (Phi) is 10.6. The molecular formula is C31H33ClN2O2. The normalized spacial score (nSPS) is 10.7. The molecule has 4 nitrogen and oxygen atoms in total. The van der Waals surface area contributed by atoms with Crippen LogP contribution >= 0.6 is 11.6 Å². The minimum absolute atomic E-state index is 0.202. The number of halogens is 1. The first-order valence-electron chi connectivity index (χ1n) is 12.2. The molecule has 0 unspecified atom stereocenters. The van der Waals surface area contributed by atoms with Crippen molar-refractivity contribution in [1.29, 1.82) is 0 Å². The molecule has 4 aromatic rings. The molecule has 0 radical (unpaired) electrons. The SMILES string of the molecule is CCCCCCl.O=C(O)c1ccccc1NNC(c1ccccc1)(c1ccccc1)c1ccccc1. The zero-order valence-corrected chi connectivity index (χ0v) is 21.3. The Labute approximate surface area is 218 Å². The molecule has 0 spiro atoms. The van der Waals surface area contributed by atoms with Crippen LogP contribution in [0.1, 0.15) is 53.2 Å². The topological polar surface area (TPSA) is 61.4 Å². The van der Waals surface area contributed by atoms with Gasteiger partial charge in [-0.3, -0.25) is 0 Å². The molecule has 4 aromatic carbocycles. The van der Waals surface area contributed by atoms with Crippen molar-refractivity contribution in [2.45, 2.75) is 31.7 Å². The lowest BCUT2D eigenvalue weighted by atomic mass is 9.77. The third-order valence-electron chi connectivity index (χ3n) is 5.90. The Morgan fingerprint density at radius 1 is 0.722 bits per heavy atom. The Morgan fingerprint density at radius 2 is 1.17 bits per heavy atom. The minimum Gasteiger partial charge on any atom is -0.478 e. The summed E-state index contributed by atoms with van der Waals surface area (Å²) in [5, 5.41) is 9.58. The molecule has 186 valence electrons. The van der Waals surface area contributed by atoms with E-state index in [1.54, 1.807) is 18.2 Å². The summed E-state index contributed by atoms with van der Waals surface area (Å²) in [4.78, 5) is 11.7. The van der Waals surface area contributed by atoms with Gasteiger partial charge in [-0.1, -0.05) is 123 Å². The second kappa shape index (κ2) is 14.1. The molecule has 0 aromatic heterocycles. The van der Waals surface area contributed by atoms with Gasteiger partial charge < -0.3 is 10.5 Å². The molecule has 3 N–H and O–H groups in total. The fraction of sp³-hybridized carbons (Fsp3) is 0.194. The van der Waals surface area contributed by atoms with Gasteiger partial charge in [0.05, 0.1) is 11.3 Å². The van der Waals surface area contributed by atoms with Crippen LogP contribution in [0, 0.1) is 0 Å². The third kappa shape index (κ3) is 6.75. The monoisotopic (exact) mass is 500 g/mol. The summed E-state index contributed by atoms with van der Waals surface area (Å²) < 4.78 is 0. The Bertz CT molecular complexity index is 1080. The lowest BCUT2D eigenvalue weighted by Gasteiger charge is -2.37. The Hall–Kier alpha value is -3.60. The van der Waals surface area contributed by atoms with Gasteiger partial charge in [0.15, 0.2) is 0 Å². The number of alkyl halides is 1. The number of nitrogens with one attached hydrogen (secondary N) is 2. The summed E-state index contributed by atoms with van der Waals surface area (Å²) in [7, 11) is 0.